The molecular weight excluding hydrogens is 284 g/mol. The van der Waals surface area contributed by atoms with E-state index in [4.69, 9.17) is 0 Å². The number of hydrogen-bond donors (Lipinski definition) is 2. The number of amides is 2. The zero-order valence-electron chi connectivity index (χ0n) is 13.9. The second-order valence-corrected chi connectivity index (χ2v) is 6.50. The van der Waals surface area contributed by atoms with Crippen molar-refractivity contribution < 1.29 is 4.79 Å². The normalized spacial score (nSPS) is 16.1. The number of carbonyl (C=O) groups is 1. The summed E-state index contributed by atoms with van der Waals surface area (Å²) in [5.41, 5.74) is 4.04. The number of urea groups is 1. The number of aryl methyl sites for hydroxylation is 2. The van der Waals surface area contributed by atoms with Crippen LogP contribution in [0.1, 0.15) is 42.4 Å². The third kappa shape index (κ3) is 3.24. The molecule has 1 saturated carbocycles. The molecule has 0 aromatic heterocycles. The summed E-state index contributed by atoms with van der Waals surface area (Å²) in [5, 5.41) is 6.31. The van der Waals surface area contributed by atoms with Gasteiger partial charge in [-0.15, -0.1) is 0 Å². The first-order valence-electron chi connectivity index (χ1n) is 8.32. The van der Waals surface area contributed by atoms with Crippen molar-refractivity contribution in [3.8, 4) is 0 Å². The van der Waals surface area contributed by atoms with Crippen molar-refractivity contribution in [2.24, 2.45) is 0 Å². The minimum Gasteiger partial charge on any atom is -0.328 e. The highest BCUT2D eigenvalue weighted by atomic mass is 16.2. The fraction of sp³-hybridized carbons (Fsp3) is 0.350. The fourth-order valence-corrected chi connectivity index (χ4v) is 3.60. The average Bonchev–Trinajstić information content (AvgIpc) is 3.02. The van der Waals surface area contributed by atoms with E-state index in [0.717, 1.165) is 42.5 Å². The first kappa shape index (κ1) is 15.6. The number of benzene rings is 2. The SMILES string of the molecule is Cc1cccc(C)c1NC(=O)NC1(c2ccccc2)CCCC1. The molecule has 0 aliphatic heterocycles. The van der Waals surface area contributed by atoms with E-state index in [9.17, 15) is 4.79 Å². The summed E-state index contributed by atoms with van der Waals surface area (Å²) in [4.78, 5) is 12.6. The maximum atomic E-state index is 12.6. The Kier molecular flexibility index (Phi) is 4.37. The Morgan fingerprint density at radius 3 is 2.13 bits per heavy atom. The van der Waals surface area contributed by atoms with E-state index < -0.39 is 0 Å². The van der Waals surface area contributed by atoms with Crippen molar-refractivity contribution in [1.29, 1.82) is 0 Å². The van der Waals surface area contributed by atoms with E-state index in [2.05, 4.69) is 22.8 Å². The molecule has 0 radical (unpaired) electrons. The van der Waals surface area contributed by atoms with Crippen LogP contribution in [-0.4, -0.2) is 6.03 Å². The van der Waals surface area contributed by atoms with Gasteiger partial charge in [-0.05, 0) is 43.4 Å². The molecule has 0 bridgehead atoms. The largest absolute Gasteiger partial charge is 0.328 e. The molecule has 2 N–H and O–H groups in total. The van der Waals surface area contributed by atoms with Crippen LogP contribution in [0.15, 0.2) is 48.5 Å². The Balaban J connectivity index is 1.80. The van der Waals surface area contributed by atoms with Gasteiger partial charge in [0.1, 0.15) is 0 Å². The monoisotopic (exact) mass is 308 g/mol. The maximum Gasteiger partial charge on any atom is 0.319 e. The van der Waals surface area contributed by atoms with E-state index in [1.54, 1.807) is 0 Å². The molecule has 2 aromatic rings. The second kappa shape index (κ2) is 6.45. The smallest absolute Gasteiger partial charge is 0.319 e. The van der Waals surface area contributed by atoms with Crippen LogP contribution in [0.3, 0.4) is 0 Å². The highest BCUT2D eigenvalue weighted by Crippen LogP contribution is 2.38. The Labute approximate surface area is 138 Å². The van der Waals surface area contributed by atoms with Gasteiger partial charge in [0.15, 0.2) is 0 Å². The quantitative estimate of drug-likeness (QED) is 0.832. The molecule has 3 nitrogen and oxygen atoms in total. The number of nitrogens with one attached hydrogen (secondary N) is 2. The van der Waals surface area contributed by atoms with Crippen molar-refractivity contribution >= 4 is 11.7 Å². The van der Waals surface area contributed by atoms with Gasteiger partial charge in [0.05, 0.1) is 5.54 Å². The molecule has 1 aliphatic rings. The van der Waals surface area contributed by atoms with Gasteiger partial charge in [0.2, 0.25) is 0 Å². The van der Waals surface area contributed by atoms with Crippen LogP contribution >= 0.6 is 0 Å². The Hall–Kier alpha value is -2.29. The van der Waals surface area contributed by atoms with Crippen LogP contribution in [0.2, 0.25) is 0 Å². The standard InChI is InChI=1S/C20H24N2O/c1-15-9-8-10-16(2)18(15)21-19(23)22-20(13-6-7-14-20)17-11-4-3-5-12-17/h3-5,8-12H,6-7,13-14H2,1-2H3,(H2,21,22,23). The summed E-state index contributed by atoms with van der Waals surface area (Å²) in [7, 11) is 0. The van der Waals surface area contributed by atoms with Crippen LogP contribution < -0.4 is 10.6 Å². The van der Waals surface area contributed by atoms with Crippen molar-refractivity contribution in [2.45, 2.75) is 45.1 Å². The molecule has 0 spiro atoms. The molecule has 0 atom stereocenters. The van der Waals surface area contributed by atoms with Crippen molar-refractivity contribution in [3.63, 3.8) is 0 Å². The number of anilines is 1. The molecule has 0 heterocycles. The molecule has 3 rings (SSSR count). The van der Waals surface area contributed by atoms with E-state index >= 15 is 0 Å². The molecule has 0 unspecified atom stereocenters. The van der Waals surface area contributed by atoms with Crippen LogP contribution in [0.4, 0.5) is 10.5 Å². The van der Waals surface area contributed by atoms with Crippen molar-refractivity contribution in [2.75, 3.05) is 5.32 Å². The lowest BCUT2D eigenvalue weighted by Gasteiger charge is -2.31. The number of rotatable bonds is 3. The molecule has 2 amide bonds. The van der Waals surface area contributed by atoms with Gasteiger partial charge in [-0.25, -0.2) is 4.79 Å². The molecule has 120 valence electrons. The van der Waals surface area contributed by atoms with Gasteiger partial charge in [-0.2, -0.15) is 0 Å². The fourth-order valence-electron chi connectivity index (χ4n) is 3.60. The van der Waals surface area contributed by atoms with Crippen LogP contribution in [-0.2, 0) is 5.54 Å². The maximum absolute atomic E-state index is 12.6. The van der Waals surface area contributed by atoms with Gasteiger partial charge in [0, 0.05) is 5.69 Å². The lowest BCUT2D eigenvalue weighted by molar-refractivity contribution is 0.236. The summed E-state index contributed by atoms with van der Waals surface area (Å²) < 4.78 is 0. The summed E-state index contributed by atoms with van der Waals surface area (Å²) >= 11 is 0. The third-order valence-corrected chi connectivity index (χ3v) is 4.86. The van der Waals surface area contributed by atoms with Gasteiger partial charge in [-0.3, -0.25) is 0 Å². The van der Waals surface area contributed by atoms with Crippen molar-refractivity contribution in [3.05, 3.63) is 65.2 Å². The molecule has 0 saturated heterocycles. The van der Waals surface area contributed by atoms with Gasteiger partial charge < -0.3 is 10.6 Å². The summed E-state index contributed by atoms with van der Waals surface area (Å²) in [6, 6.07) is 16.3. The zero-order valence-corrected chi connectivity index (χ0v) is 13.9. The lowest BCUT2D eigenvalue weighted by Crippen LogP contribution is -2.46. The minimum absolute atomic E-state index is 0.117. The predicted molar refractivity (Wildman–Crippen MR) is 94.7 cm³/mol. The summed E-state index contributed by atoms with van der Waals surface area (Å²) in [6.07, 6.45) is 4.30. The Bertz CT molecular complexity index is 668. The third-order valence-electron chi connectivity index (χ3n) is 4.86. The predicted octanol–water partition coefficient (Wildman–Crippen LogP) is 4.89. The van der Waals surface area contributed by atoms with Crippen LogP contribution in [0, 0.1) is 13.8 Å². The second-order valence-electron chi connectivity index (χ2n) is 6.50. The summed E-state index contributed by atoms with van der Waals surface area (Å²) in [6.45, 7) is 4.04. The van der Waals surface area contributed by atoms with E-state index in [-0.39, 0.29) is 11.6 Å². The highest BCUT2D eigenvalue weighted by Gasteiger charge is 2.37. The molecule has 1 fully saturated rings. The van der Waals surface area contributed by atoms with Crippen LogP contribution in [0.5, 0.6) is 0 Å². The van der Waals surface area contributed by atoms with E-state index in [1.807, 2.05) is 50.2 Å². The van der Waals surface area contributed by atoms with Gasteiger partial charge in [0.25, 0.3) is 0 Å². The van der Waals surface area contributed by atoms with Gasteiger partial charge >= 0.3 is 6.03 Å². The topological polar surface area (TPSA) is 41.1 Å². The zero-order chi connectivity index (χ0) is 16.3. The van der Waals surface area contributed by atoms with E-state index in [0.29, 0.717) is 0 Å². The summed E-state index contributed by atoms with van der Waals surface area (Å²) in [5.74, 6) is 0. The average molecular weight is 308 g/mol. The van der Waals surface area contributed by atoms with E-state index in [1.165, 1.54) is 5.56 Å². The molecule has 3 heteroatoms. The Morgan fingerprint density at radius 2 is 1.52 bits per heavy atom. The lowest BCUT2D eigenvalue weighted by atomic mass is 9.88. The minimum atomic E-state index is -0.234. The number of carbonyl (C=O) groups excluding carboxylic acids is 1. The van der Waals surface area contributed by atoms with Crippen LogP contribution in [0.25, 0.3) is 0 Å². The first-order chi connectivity index (χ1) is 11.1. The van der Waals surface area contributed by atoms with Crippen molar-refractivity contribution in [1.82, 2.24) is 5.32 Å². The molecule has 1 aliphatic carbocycles. The number of para-hydroxylation sites is 1. The Morgan fingerprint density at radius 1 is 0.913 bits per heavy atom. The van der Waals surface area contributed by atoms with Gasteiger partial charge in [-0.1, -0.05) is 61.4 Å². The number of hydrogen-bond acceptors (Lipinski definition) is 1. The first-order valence-corrected chi connectivity index (χ1v) is 8.32. The molecule has 23 heavy (non-hydrogen) atoms. The molecule has 2 aromatic carbocycles. The highest BCUT2D eigenvalue weighted by molar-refractivity contribution is 5.91. The molecular formula is C20H24N2O.